The molecule has 0 bridgehead atoms. The van der Waals surface area contributed by atoms with Crippen molar-refractivity contribution in [1.82, 2.24) is 25.1 Å². The molecule has 27 heavy (non-hydrogen) atoms. The Hall–Kier alpha value is -2.37. The van der Waals surface area contributed by atoms with E-state index >= 15 is 0 Å². The van der Waals surface area contributed by atoms with E-state index in [1.807, 2.05) is 25.7 Å². The summed E-state index contributed by atoms with van der Waals surface area (Å²) in [5, 5.41) is 7.73. The summed E-state index contributed by atoms with van der Waals surface area (Å²) in [6.07, 6.45) is 4.23. The second-order valence-corrected chi connectivity index (χ2v) is 9.64. The quantitative estimate of drug-likeness (QED) is 0.793. The van der Waals surface area contributed by atoms with Gasteiger partial charge in [0.1, 0.15) is 5.69 Å². The smallest absolute Gasteiger partial charge is 0.228 e. The van der Waals surface area contributed by atoms with E-state index in [-0.39, 0.29) is 14.2 Å². The number of carbonyl (C=O) groups excluding carboxylic acids is 1. The van der Waals surface area contributed by atoms with E-state index < -0.39 is 0 Å². The summed E-state index contributed by atoms with van der Waals surface area (Å²) in [7, 11) is 0. The number of nitrogens with zero attached hydrogens (tertiary/aromatic N) is 3. The Morgan fingerprint density at radius 3 is 2.93 bits per heavy atom. The van der Waals surface area contributed by atoms with Crippen LogP contribution < -0.4 is 0 Å². The maximum atomic E-state index is 12.6. The lowest BCUT2D eigenvalue weighted by atomic mass is 9.90. The SMILES string of the molecule is CC1=Cc2nc(-c3n[nH]c4c3CCN(C(=O)C(C)(C)C)C4)[nH]c2C2CC12C.[HH].[HH]. The molecule has 146 valence electrons. The number of aromatic amines is 2. The maximum Gasteiger partial charge on any atom is 0.228 e. The minimum absolute atomic E-state index is 0. The second-order valence-electron chi connectivity index (χ2n) is 9.64. The first-order valence-corrected chi connectivity index (χ1v) is 9.83. The molecule has 0 radical (unpaired) electrons. The van der Waals surface area contributed by atoms with Gasteiger partial charge in [-0.2, -0.15) is 5.10 Å². The van der Waals surface area contributed by atoms with Crippen molar-refractivity contribution < 1.29 is 7.65 Å². The Balaban J connectivity index is 0.00000120. The van der Waals surface area contributed by atoms with Gasteiger partial charge in [0.05, 0.1) is 17.9 Å². The fraction of sp³-hybridized carbons (Fsp3) is 0.571. The minimum Gasteiger partial charge on any atom is -0.340 e. The largest absolute Gasteiger partial charge is 0.340 e. The number of aromatic nitrogens is 4. The van der Waals surface area contributed by atoms with Gasteiger partial charge in [0, 0.05) is 32.0 Å². The van der Waals surface area contributed by atoms with Gasteiger partial charge in [-0.15, -0.1) is 0 Å². The predicted octanol–water partition coefficient (Wildman–Crippen LogP) is 4.13. The third-order valence-corrected chi connectivity index (χ3v) is 6.69. The van der Waals surface area contributed by atoms with Gasteiger partial charge in [0.15, 0.2) is 5.82 Å². The molecule has 2 aliphatic carbocycles. The molecule has 0 saturated heterocycles. The van der Waals surface area contributed by atoms with E-state index in [1.54, 1.807) is 0 Å². The van der Waals surface area contributed by atoms with Crippen molar-refractivity contribution in [1.29, 1.82) is 0 Å². The zero-order valence-corrected chi connectivity index (χ0v) is 16.7. The van der Waals surface area contributed by atoms with E-state index in [9.17, 15) is 4.79 Å². The van der Waals surface area contributed by atoms with Crippen molar-refractivity contribution in [3.8, 4) is 11.5 Å². The average molecular weight is 370 g/mol. The molecule has 6 nitrogen and oxygen atoms in total. The zero-order valence-electron chi connectivity index (χ0n) is 16.7. The second kappa shape index (κ2) is 5.12. The van der Waals surface area contributed by atoms with Crippen LogP contribution in [0, 0.1) is 10.8 Å². The molecule has 1 fully saturated rings. The molecule has 2 aromatic rings. The first-order chi connectivity index (χ1) is 12.7. The number of amides is 1. The predicted molar refractivity (Wildman–Crippen MR) is 108 cm³/mol. The number of H-pyrrole nitrogens is 2. The number of allylic oxidation sites excluding steroid dienone is 1. The van der Waals surface area contributed by atoms with Crippen LogP contribution in [0.1, 0.15) is 72.5 Å². The van der Waals surface area contributed by atoms with Crippen molar-refractivity contribution in [3.63, 3.8) is 0 Å². The van der Waals surface area contributed by atoms with Crippen LogP contribution >= 0.6 is 0 Å². The van der Waals surface area contributed by atoms with Crippen LogP contribution in [-0.2, 0) is 17.8 Å². The van der Waals surface area contributed by atoms with Gasteiger partial charge in [-0.25, -0.2) is 4.98 Å². The van der Waals surface area contributed by atoms with E-state index in [1.165, 1.54) is 23.3 Å². The highest BCUT2D eigenvalue weighted by Gasteiger charge is 2.55. The summed E-state index contributed by atoms with van der Waals surface area (Å²) in [5.41, 5.74) is 6.85. The Bertz CT molecular complexity index is 999. The number of hydrogen-bond acceptors (Lipinski definition) is 3. The van der Waals surface area contributed by atoms with Crippen LogP contribution in [0.15, 0.2) is 5.57 Å². The molecular formula is C21H31N5O. The fourth-order valence-electron chi connectivity index (χ4n) is 4.64. The molecule has 1 amide bonds. The number of carbonyl (C=O) groups is 1. The molecule has 2 N–H and O–H groups in total. The maximum absolute atomic E-state index is 12.6. The van der Waals surface area contributed by atoms with Crippen LogP contribution in [0.3, 0.4) is 0 Å². The Kier molecular flexibility index (Phi) is 3.18. The Morgan fingerprint density at radius 2 is 2.19 bits per heavy atom. The van der Waals surface area contributed by atoms with Gasteiger partial charge in [0.2, 0.25) is 5.91 Å². The topological polar surface area (TPSA) is 77.7 Å². The third-order valence-electron chi connectivity index (χ3n) is 6.69. The molecule has 0 spiro atoms. The Morgan fingerprint density at radius 1 is 1.41 bits per heavy atom. The van der Waals surface area contributed by atoms with Gasteiger partial charge in [0.25, 0.3) is 0 Å². The summed E-state index contributed by atoms with van der Waals surface area (Å²) in [6, 6.07) is 0. The van der Waals surface area contributed by atoms with Gasteiger partial charge < -0.3 is 9.88 Å². The highest BCUT2D eigenvalue weighted by Crippen LogP contribution is 2.66. The summed E-state index contributed by atoms with van der Waals surface area (Å²) >= 11 is 0. The van der Waals surface area contributed by atoms with Crippen molar-refractivity contribution in [2.75, 3.05) is 6.54 Å². The van der Waals surface area contributed by atoms with E-state index in [0.717, 1.165) is 35.9 Å². The fourth-order valence-corrected chi connectivity index (χ4v) is 4.64. The highest BCUT2D eigenvalue weighted by atomic mass is 16.2. The van der Waals surface area contributed by atoms with E-state index in [4.69, 9.17) is 4.98 Å². The van der Waals surface area contributed by atoms with Gasteiger partial charge in [-0.05, 0) is 31.3 Å². The molecule has 6 heteroatoms. The van der Waals surface area contributed by atoms with Crippen LogP contribution in [0.2, 0.25) is 0 Å². The lowest BCUT2D eigenvalue weighted by Crippen LogP contribution is -2.42. The lowest BCUT2D eigenvalue weighted by Gasteiger charge is -2.32. The van der Waals surface area contributed by atoms with Gasteiger partial charge >= 0.3 is 0 Å². The molecule has 3 heterocycles. The monoisotopic (exact) mass is 369 g/mol. The molecule has 5 rings (SSSR count). The zero-order chi connectivity index (χ0) is 19.1. The van der Waals surface area contributed by atoms with Gasteiger partial charge in [-0.1, -0.05) is 33.3 Å². The van der Waals surface area contributed by atoms with E-state index in [0.29, 0.717) is 17.9 Å². The van der Waals surface area contributed by atoms with Crippen LogP contribution in [0.25, 0.3) is 17.6 Å². The number of fused-ring (bicyclic) bond motifs is 4. The van der Waals surface area contributed by atoms with Gasteiger partial charge in [-0.3, -0.25) is 9.89 Å². The summed E-state index contributed by atoms with van der Waals surface area (Å²) in [5.74, 6) is 1.60. The summed E-state index contributed by atoms with van der Waals surface area (Å²) in [6.45, 7) is 11.8. The molecule has 2 aromatic heterocycles. The van der Waals surface area contributed by atoms with Crippen molar-refractivity contribution >= 4 is 12.0 Å². The van der Waals surface area contributed by atoms with Crippen LogP contribution in [0.4, 0.5) is 0 Å². The number of hydrogen-bond donors (Lipinski definition) is 2. The normalized spacial score (nSPS) is 26.2. The molecule has 2 atom stereocenters. The van der Waals surface area contributed by atoms with Crippen molar-refractivity contribution in [2.45, 2.75) is 59.9 Å². The molecule has 1 saturated carbocycles. The summed E-state index contributed by atoms with van der Waals surface area (Å²) < 4.78 is 0. The average Bonchev–Trinajstić information content (AvgIpc) is 2.97. The van der Waals surface area contributed by atoms with Crippen molar-refractivity contribution in [2.24, 2.45) is 10.8 Å². The van der Waals surface area contributed by atoms with Crippen molar-refractivity contribution in [3.05, 3.63) is 28.2 Å². The van der Waals surface area contributed by atoms with E-state index in [2.05, 4.69) is 35.1 Å². The lowest BCUT2D eigenvalue weighted by molar-refractivity contribution is -0.140. The number of imidazole rings is 1. The highest BCUT2D eigenvalue weighted by molar-refractivity contribution is 5.82. The molecule has 0 aromatic carbocycles. The summed E-state index contributed by atoms with van der Waals surface area (Å²) in [4.78, 5) is 23.0. The van der Waals surface area contributed by atoms with Crippen LogP contribution in [0.5, 0.6) is 0 Å². The molecule has 1 aliphatic heterocycles. The molecule has 2 unspecified atom stereocenters. The van der Waals surface area contributed by atoms with Crippen LogP contribution in [-0.4, -0.2) is 37.5 Å². The third kappa shape index (κ3) is 2.35. The first-order valence-electron chi connectivity index (χ1n) is 9.83. The first kappa shape index (κ1) is 16.8. The number of nitrogens with one attached hydrogen (secondary N) is 2. The standard InChI is InChI=1S/C21H27N5O.2H2/c1-11-8-14-17(13-9-21(11,13)5)23-18(22-14)16-12-6-7-26(10-15(12)24-25-16)19(27)20(2,3)4;;/h8,13H,6-7,9-10H2,1-5H3,(H,22,23)(H,24,25);2*1H. The molecular weight excluding hydrogens is 338 g/mol. The Labute approximate surface area is 162 Å². The minimum atomic E-state index is -0.360. The number of rotatable bonds is 1. The molecule has 3 aliphatic rings.